The first-order valence-corrected chi connectivity index (χ1v) is 10.2. The van der Waals surface area contributed by atoms with Gasteiger partial charge in [-0.05, 0) is 41.4 Å². The summed E-state index contributed by atoms with van der Waals surface area (Å²) in [6.07, 6.45) is 16.1. The van der Waals surface area contributed by atoms with E-state index in [2.05, 4.69) is 24.5 Å². The highest BCUT2D eigenvalue weighted by Gasteiger charge is 1.93. The van der Waals surface area contributed by atoms with Crippen LogP contribution in [0.3, 0.4) is 0 Å². The van der Waals surface area contributed by atoms with Gasteiger partial charge in [0.05, 0.1) is 11.6 Å². The van der Waals surface area contributed by atoms with Gasteiger partial charge in [0.25, 0.3) is 0 Å². The van der Waals surface area contributed by atoms with Crippen molar-refractivity contribution in [1.29, 1.82) is 5.26 Å². The molecule has 1 aromatic carbocycles. The third-order valence-electron chi connectivity index (χ3n) is 4.01. The summed E-state index contributed by atoms with van der Waals surface area (Å²) in [6.45, 7) is 2.28. The lowest BCUT2D eigenvalue weighted by molar-refractivity contribution is 0.563. The van der Waals surface area contributed by atoms with Gasteiger partial charge in [0.2, 0.25) is 0 Å². The number of nitriles is 1. The molecular formula is C21H31NS. The fourth-order valence-corrected chi connectivity index (χ4v) is 3.30. The van der Waals surface area contributed by atoms with Crippen molar-refractivity contribution in [3.05, 3.63) is 40.8 Å². The van der Waals surface area contributed by atoms with E-state index in [4.69, 9.17) is 5.26 Å². The van der Waals surface area contributed by atoms with Crippen LogP contribution >= 0.6 is 11.8 Å². The molecule has 0 atom stereocenters. The van der Waals surface area contributed by atoms with Gasteiger partial charge in [-0.1, -0.05) is 76.8 Å². The molecule has 0 saturated carbocycles. The highest BCUT2D eigenvalue weighted by molar-refractivity contribution is 8.02. The van der Waals surface area contributed by atoms with Gasteiger partial charge in [0, 0.05) is 0 Å². The highest BCUT2D eigenvalue weighted by Crippen LogP contribution is 2.14. The summed E-state index contributed by atoms with van der Waals surface area (Å²) in [5, 5.41) is 10.9. The first-order chi connectivity index (χ1) is 11.4. The predicted octanol–water partition coefficient (Wildman–Crippen LogP) is 7.18. The zero-order valence-electron chi connectivity index (χ0n) is 14.6. The summed E-state index contributed by atoms with van der Waals surface area (Å²) >= 11 is 1.89. The number of benzene rings is 1. The second-order valence-electron chi connectivity index (χ2n) is 6.09. The maximum absolute atomic E-state index is 8.76. The predicted molar refractivity (Wildman–Crippen MR) is 104 cm³/mol. The number of nitrogens with zero attached hydrogens (tertiary/aromatic N) is 1. The van der Waals surface area contributed by atoms with Gasteiger partial charge in [-0.3, -0.25) is 0 Å². The molecule has 0 N–H and O–H groups in total. The quantitative estimate of drug-likeness (QED) is 0.358. The molecule has 0 radical (unpaired) electrons. The molecule has 0 aliphatic rings. The number of unbranched alkanes of at least 4 members (excludes halogenated alkanes) is 9. The molecule has 0 saturated heterocycles. The van der Waals surface area contributed by atoms with Crippen LogP contribution in [0.2, 0.25) is 0 Å². The third kappa shape index (κ3) is 11.0. The minimum Gasteiger partial charge on any atom is -0.192 e. The number of hydrogen-bond acceptors (Lipinski definition) is 2. The Kier molecular flexibility index (Phi) is 12.4. The summed E-state index contributed by atoms with van der Waals surface area (Å²) < 4.78 is 0. The van der Waals surface area contributed by atoms with E-state index in [1.807, 2.05) is 36.0 Å². The third-order valence-corrected chi connectivity index (χ3v) is 4.87. The molecule has 1 nitrogen and oxygen atoms in total. The van der Waals surface area contributed by atoms with Crippen LogP contribution in [0.15, 0.2) is 29.7 Å². The van der Waals surface area contributed by atoms with Gasteiger partial charge in [-0.15, -0.1) is 11.8 Å². The minimum absolute atomic E-state index is 0.722. The van der Waals surface area contributed by atoms with Crippen molar-refractivity contribution >= 4 is 17.8 Å². The van der Waals surface area contributed by atoms with E-state index < -0.39 is 0 Å². The average Bonchev–Trinajstić information content (AvgIpc) is 2.59. The van der Waals surface area contributed by atoms with Gasteiger partial charge in [0.15, 0.2) is 0 Å². The standard InChI is InChI=1S/C21H31NS/c1-2-3-4-5-6-7-8-9-10-11-17-23-18-16-20-12-14-21(19-22)15-13-20/h12-16,18H,2-11,17H2,1H3/b18-16+. The Bertz CT molecular complexity index is 456. The van der Waals surface area contributed by atoms with Crippen molar-refractivity contribution in [2.45, 2.75) is 71.1 Å². The topological polar surface area (TPSA) is 23.8 Å². The molecule has 0 aliphatic heterocycles. The first-order valence-electron chi connectivity index (χ1n) is 9.15. The summed E-state index contributed by atoms with van der Waals surface area (Å²) in [4.78, 5) is 0. The van der Waals surface area contributed by atoms with Crippen LogP contribution < -0.4 is 0 Å². The van der Waals surface area contributed by atoms with Gasteiger partial charge in [-0.2, -0.15) is 5.26 Å². The van der Waals surface area contributed by atoms with E-state index in [0.717, 1.165) is 5.56 Å². The fraction of sp³-hybridized carbons (Fsp3) is 0.571. The van der Waals surface area contributed by atoms with Crippen molar-refractivity contribution in [2.24, 2.45) is 0 Å². The molecule has 0 unspecified atom stereocenters. The molecule has 0 aliphatic carbocycles. The van der Waals surface area contributed by atoms with Crippen molar-refractivity contribution < 1.29 is 0 Å². The van der Waals surface area contributed by atoms with Crippen LogP contribution in [0.5, 0.6) is 0 Å². The van der Waals surface area contributed by atoms with Crippen LogP contribution in [0.25, 0.3) is 6.08 Å². The maximum atomic E-state index is 8.76. The van der Waals surface area contributed by atoms with Crippen LogP contribution in [0.4, 0.5) is 0 Å². The normalized spacial score (nSPS) is 11.0. The van der Waals surface area contributed by atoms with Gasteiger partial charge in [0.1, 0.15) is 0 Å². The molecule has 0 amide bonds. The van der Waals surface area contributed by atoms with E-state index >= 15 is 0 Å². The largest absolute Gasteiger partial charge is 0.192 e. The lowest BCUT2D eigenvalue weighted by atomic mass is 10.1. The fourth-order valence-electron chi connectivity index (χ4n) is 2.54. The lowest BCUT2D eigenvalue weighted by Crippen LogP contribution is -1.83. The molecule has 2 heteroatoms. The first kappa shape index (κ1) is 19.8. The molecule has 0 heterocycles. The number of thioether (sulfide) groups is 1. The molecule has 23 heavy (non-hydrogen) atoms. The maximum Gasteiger partial charge on any atom is 0.0991 e. The number of rotatable bonds is 13. The van der Waals surface area contributed by atoms with Crippen molar-refractivity contribution in [1.82, 2.24) is 0 Å². The minimum atomic E-state index is 0.722. The summed E-state index contributed by atoms with van der Waals surface area (Å²) in [6, 6.07) is 9.87. The van der Waals surface area contributed by atoms with Crippen LogP contribution in [0, 0.1) is 11.3 Å². The lowest BCUT2D eigenvalue weighted by Gasteiger charge is -2.01. The van der Waals surface area contributed by atoms with Gasteiger partial charge >= 0.3 is 0 Å². The smallest absolute Gasteiger partial charge is 0.0991 e. The molecule has 1 aromatic rings. The van der Waals surface area contributed by atoms with Crippen LogP contribution in [-0.4, -0.2) is 5.75 Å². The van der Waals surface area contributed by atoms with Crippen LogP contribution in [-0.2, 0) is 0 Å². The molecular weight excluding hydrogens is 298 g/mol. The van der Waals surface area contributed by atoms with E-state index in [-0.39, 0.29) is 0 Å². The summed E-state index contributed by atoms with van der Waals surface area (Å²) in [5.41, 5.74) is 1.89. The molecule has 0 bridgehead atoms. The Balaban J connectivity index is 1.91. The van der Waals surface area contributed by atoms with E-state index in [1.54, 1.807) is 0 Å². The SMILES string of the molecule is CCCCCCCCCCCCS/C=C/c1ccc(C#N)cc1. The second-order valence-corrected chi connectivity index (χ2v) is 7.10. The van der Waals surface area contributed by atoms with Gasteiger partial charge < -0.3 is 0 Å². The molecule has 0 aromatic heterocycles. The molecule has 126 valence electrons. The van der Waals surface area contributed by atoms with E-state index in [9.17, 15) is 0 Å². The van der Waals surface area contributed by atoms with Crippen molar-refractivity contribution in [3.8, 4) is 6.07 Å². The monoisotopic (exact) mass is 329 g/mol. The van der Waals surface area contributed by atoms with E-state index in [0.29, 0.717) is 0 Å². The van der Waals surface area contributed by atoms with Crippen molar-refractivity contribution in [2.75, 3.05) is 5.75 Å². The zero-order valence-corrected chi connectivity index (χ0v) is 15.4. The Labute approximate surface area is 147 Å². The molecule has 0 spiro atoms. The number of hydrogen-bond donors (Lipinski definition) is 0. The Hall–Kier alpha value is -1.20. The highest BCUT2D eigenvalue weighted by atomic mass is 32.2. The van der Waals surface area contributed by atoms with E-state index in [1.165, 1.54) is 75.5 Å². The Morgan fingerprint density at radius 3 is 2.00 bits per heavy atom. The average molecular weight is 330 g/mol. The zero-order chi connectivity index (χ0) is 16.6. The Morgan fingerprint density at radius 1 is 0.870 bits per heavy atom. The molecule has 0 fully saturated rings. The van der Waals surface area contributed by atoms with Gasteiger partial charge in [-0.25, -0.2) is 0 Å². The summed E-state index contributed by atoms with van der Waals surface area (Å²) in [7, 11) is 0. The Morgan fingerprint density at radius 2 is 1.43 bits per heavy atom. The van der Waals surface area contributed by atoms with Crippen molar-refractivity contribution in [3.63, 3.8) is 0 Å². The molecule has 1 rings (SSSR count). The second kappa shape index (κ2) is 14.4. The van der Waals surface area contributed by atoms with Crippen LogP contribution in [0.1, 0.15) is 82.3 Å². The summed E-state index contributed by atoms with van der Waals surface area (Å²) in [5.74, 6) is 1.21.